The van der Waals surface area contributed by atoms with Crippen LogP contribution < -0.4 is 5.32 Å². The number of Topliss-reactive ketones (excluding diaryl/α,β-unsaturated/α-hetero) is 1. The molecule has 0 saturated heterocycles. The maximum atomic E-state index is 12.9. The molecule has 0 fully saturated rings. The van der Waals surface area contributed by atoms with Gasteiger partial charge in [0.15, 0.2) is 0 Å². The van der Waals surface area contributed by atoms with Gasteiger partial charge in [-0.05, 0) is 55.2 Å². The summed E-state index contributed by atoms with van der Waals surface area (Å²) in [6.07, 6.45) is 1.36. The number of nitrogens with zero attached hydrogens (tertiary/aromatic N) is 1. The summed E-state index contributed by atoms with van der Waals surface area (Å²) in [6, 6.07) is 14.1. The number of ketones is 1. The number of amides is 1. The van der Waals surface area contributed by atoms with Crippen molar-refractivity contribution in [1.29, 1.82) is 0 Å². The Morgan fingerprint density at radius 3 is 2.37 bits per heavy atom. The summed E-state index contributed by atoms with van der Waals surface area (Å²) in [7, 11) is 0. The van der Waals surface area contributed by atoms with Gasteiger partial charge in [-0.15, -0.1) is 0 Å². The van der Waals surface area contributed by atoms with Crippen molar-refractivity contribution in [2.24, 2.45) is 0 Å². The second-order valence-electron chi connectivity index (χ2n) is 7.19. The predicted molar refractivity (Wildman–Crippen MR) is 112 cm³/mol. The van der Waals surface area contributed by atoms with Gasteiger partial charge >= 0.3 is 0 Å². The maximum Gasteiger partial charge on any atom is 0.227 e. The molecule has 0 spiro atoms. The molecule has 1 amide bonds. The monoisotopic (exact) mass is 408 g/mol. The van der Waals surface area contributed by atoms with E-state index in [1.807, 2.05) is 24.3 Å². The molecular formula is C24H25FN2O3. The molecule has 2 aromatic carbocycles. The fourth-order valence-corrected chi connectivity index (χ4v) is 3.09. The minimum Gasteiger partial charge on any atom is -0.441 e. The molecule has 6 heteroatoms. The smallest absolute Gasteiger partial charge is 0.227 e. The molecule has 3 aromatic rings. The SMILES string of the molecule is CCc1ccc(-c2nc(CC(=O)CC(=O)NCCc3ccc(F)cc3)c(C)o2)cc1. The van der Waals surface area contributed by atoms with Crippen LogP contribution in [0.25, 0.3) is 11.5 Å². The van der Waals surface area contributed by atoms with E-state index < -0.39 is 0 Å². The normalized spacial score (nSPS) is 10.8. The minimum atomic E-state index is -0.335. The molecule has 0 unspecified atom stereocenters. The first-order valence-electron chi connectivity index (χ1n) is 10.0. The third kappa shape index (κ3) is 5.86. The van der Waals surface area contributed by atoms with E-state index in [9.17, 15) is 14.0 Å². The maximum absolute atomic E-state index is 12.9. The predicted octanol–water partition coefficient (Wildman–Crippen LogP) is 4.21. The number of carbonyl (C=O) groups excluding carboxylic acids is 2. The van der Waals surface area contributed by atoms with Crippen LogP contribution in [0.1, 0.15) is 35.9 Å². The summed E-state index contributed by atoms with van der Waals surface area (Å²) < 4.78 is 18.6. The van der Waals surface area contributed by atoms with Crippen molar-refractivity contribution in [1.82, 2.24) is 10.3 Å². The van der Waals surface area contributed by atoms with Gasteiger partial charge in [-0.2, -0.15) is 0 Å². The van der Waals surface area contributed by atoms with Crippen molar-refractivity contribution >= 4 is 11.7 Å². The first-order valence-corrected chi connectivity index (χ1v) is 10.0. The van der Waals surface area contributed by atoms with Crippen LogP contribution >= 0.6 is 0 Å². The number of nitrogens with one attached hydrogen (secondary N) is 1. The Morgan fingerprint density at radius 2 is 1.70 bits per heavy atom. The molecule has 0 bridgehead atoms. The lowest BCUT2D eigenvalue weighted by Crippen LogP contribution is -2.28. The Morgan fingerprint density at radius 1 is 1.03 bits per heavy atom. The van der Waals surface area contributed by atoms with Crippen molar-refractivity contribution in [3.05, 3.63) is 76.9 Å². The van der Waals surface area contributed by atoms with Crippen LogP contribution in [0.2, 0.25) is 0 Å². The highest BCUT2D eigenvalue weighted by Gasteiger charge is 2.17. The van der Waals surface area contributed by atoms with E-state index in [4.69, 9.17) is 4.42 Å². The topological polar surface area (TPSA) is 72.2 Å². The summed E-state index contributed by atoms with van der Waals surface area (Å²) in [5.74, 6) is 0.200. The molecule has 0 aliphatic carbocycles. The minimum absolute atomic E-state index is 0.0494. The van der Waals surface area contributed by atoms with E-state index in [1.165, 1.54) is 17.7 Å². The number of carbonyl (C=O) groups is 2. The van der Waals surface area contributed by atoms with E-state index in [-0.39, 0.29) is 30.3 Å². The highest BCUT2D eigenvalue weighted by Crippen LogP contribution is 2.23. The molecule has 5 nitrogen and oxygen atoms in total. The van der Waals surface area contributed by atoms with Gasteiger partial charge in [0.1, 0.15) is 17.4 Å². The van der Waals surface area contributed by atoms with Gasteiger partial charge in [-0.1, -0.05) is 31.2 Å². The Bertz CT molecular complexity index is 1010. The number of halogens is 1. The van der Waals surface area contributed by atoms with Crippen molar-refractivity contribution in [2.75, 3.05) is 6.54 Å². The highest BCUT2D eigenvalue weighted by atomic mass is 19.1. The van der Waals surface area contributed by atoms with Crippen LogP contribution in [0.5, 0.6) is 0 Å². The molecule has 1 heterocycles. The van der Waals surface area contributed by atoms with Gasteiger partial charge in [0.05, 0.1) is 18.5 Å². The highest BCUT2D eigenvalue weighted by molar-refractivity contribution is 5.98. The van der Waals surface area contributed by atoms with E-state index >= 15 is 0 Å². The lowest BCUT2D eigenvalue weighted by Gasteiger charge is -2.05. The largest absolute Gasteiger partial charge is 0.441 e. The second kappa shape index (κ2) is 9.96. The van der Waals surface area contributed by atoms with Gasteiger partial charge in [0.25, 0.3) is 0 Å². The summed E-state index contributed by atoms with van der Waals surface area (Å²) in [5, 5.41) is 2.72. The van der Waals surface area contributed by atoms with Crippen LogP contribution in [-0.2, 0) is 28.9 Å². The lowest BCUT2D eigenvalue weighted by molar-refractivity contribution is -0.127. The van der Waals surface area contributed by atoms with Crippen LogP contribution in [0.3, 0.4) is 0 Å². The number of rotatable bonds is 9. The molecule has 0 radical (unpaired) electrons. The van der Waals surface area contributed by atoms with Gasteiger partial charge in [-0.25, -0.2) is 9.37 Å². The number of hydrogen-bond donors (Lipinski definition) is 1. The molecule has 0 saturated carbocycles. The summed E-state index contributed by atoms with van der Waals surface area (Å²) in [4.78, 5) is 28.8. The second-order valence-corrected chi connectivity index (χ2v) is 7.19. The average Bonchev–Trinajstić information content (AvgIpc) is 3.09. The molecular weight excluding hydrogens is 383 g/mol. The molecule has 0 atom stereocenters. The Hall–Kier alpha value is -3.28. The number of aryl methyl sites for hydroxylation is 2. The Labute approximate surface area is 175 Å². The van der Waals surface area contributed by atoms with Crippen molar-refractivity contribution < 1.29 is 18.4 Å². The van der Waals surface area contributed by atoms with Crippen molar-refractivity contribution in [2.45, 2.75) is 39.5 Å². The first-order chi connectivity index (χ1) is 14.4. The Balaban J connectivity index is 1.49. The van der Waals surface area contributed by atoms with E-state index in [1.54, 1.807) is 19.1 Å². The Kier molecular flexibility index (Phi) is 7.12. The molecule has 156 valence electrons. The third-order valence-electron chi connectivity index (χ3n) is 4.87. The molecule has 0 aliphatic rings. The summed E-state index contributed by atoms with van der Waals surface area (Å²) in [6.45, 7) is 4.24. The zero-order valence-corrected chi connectivity index (χ0v) is 17.2. The number of oxazole rings is 1. The van der Waals surface area contributed by atoms with Gasteiger partial charge in [0, 0.05) is 12.1 Å². The van der Waals surface area contributed by atoms with Gasteiger partial charge in [-0.3, -0.25) is 9.59 Å². The number of aromatic nitrogens is 1. The summed E-state index contributed by atoms with van der Waals surface area (Å²) in [5.41, 5.74) is 3.55. The molecule has 1 aromatic heterocycles. The summed E-state index contributed by atoms with van der Waals surface area (Å²) >= 11 is 0. The van der Waals surface area contributed by atoms with Crippen LogP contribution in [-0.4, -0.2) is 23.2 Å². The van der Waals surface area contributed by atoms with Gasteiger partial charge in [0.2, 0.25) is 11.8 Å². The van der Waals surface area contributed by atoms with Crippen LogP contribution in [0, 0.1) is 12.7 Å². The average molecular weight is 408 g/mol. The lowest BCUT2D eigenvalue weighted by atomic mass is 10.1. The van der Waals surface area contributed by atoms with Crippen LogP contribution in [0.4, 0.5) is 4.39 Å². The van der Waals surface area contributed by atoms with E-state index in [0.29, 0.717) is 30.3 Å². The van der Waals surface area contributed by atoms with E-state index in [2.05, 4.69) is 17.2 Å². The fourth-order valence-electron chi connectivity index (χ4n) is 3.09. The van der Waals surface area contributed by atoms with Crippen molar-refractivity contribution in [3.63, 3.8) is 0 Å². The molecule has 3 rings (SSSR count). The quantitative estimate of drug-likeness (QED) is 0.538. The number of benzene rings is 2. The zero-order valence-electron chi connectivity index (χ0n) is 17.2. The zero-order chi connectivity index (χ0) is 21.5. The first kappa shape index (κ1) is 21.4. The van der Waals surface area contributed by atoms with Gasteiger partial charge < -0.3 is 9.73 Å². The third-order valence-corrected chi connectivity index (χ3v) is 4.87. The standard InChI is InChI=1S/C24H25FN2O3/c1-3-17-4-8-19(9-5-17)24-27-22(16(2)30-24)14-21(28)15-23(29)26-13-12-18-6-10-20(25)11-7-18/h4-11H,3,12-15H2,1-2H3,(H,26,29). The van der Waals surface area contributed by atoms with Crippen LogP contribution in [0.15, 0.2) is 52.9 Å². The fraction of sp³-hybridized carbons (Fsp3) is 0.292. The molecule has 30 heavy (non-hydrogen) atoms. The molecule has 1 N–H and O–H groups in total. The van der Waals surface area contributed by atoms with E-state index in [0.717, 1.165) is 17.5 Å². The van der Waals surface area contributed by atoms with Crippen molar-refractivity contribution in [3.8, 4) is 11.5 Å². The number of hydrogen-bond acceptors (Lipinski definition) is 4. The molecule has 0 aliphatic heterocycles.